The molecule has 4 nitrogen and oxygen atoms in total. The molecule has 1 saturated heterocycles. The summed E-state index contributed by atoms with van der Waals surface area (Å²) in [5.41, 5.74) is 3.15. The van der Waals surface area contributed by atoms with Crippen molar-refractivity contribution in [2.24, 2.45) is 0 Å². The van der Waals surface area contributed by atoms with Gasteiger partial charge >= 0.3 is 0 Å². The van der Waals surface area contributed by atoms with Gasteiger partial charge in [-0.15, -0.1) is 0 Å². The van der Waals surface area contributed by atoms with Crippen molar-refractivity contribution in [3.63, 3.8) is 0 Å². The SMILES string of the molecule is CC(C)Oc1ccc(Br)cc1CNc1ccc(N2CCOCC2)c(Cl)c1. The van der Waals surface area contributed by atoms with Crippen molar-refractivity contribution >= 4 is 38.9 Å². The smallest absolute Gasteiger partial charge is 0.124 e. The lowest BCUT2D eigenvalue weighted by molar-refractivity contribution is 0.122. The van der Waals surface area contributed by atoms with Gasteiger partial charge in [-0.25, -0.2) is 0 Å². The second kappa shape index (κ2) is 8.98. The van der Waals surface area contributed by atoms with Gasteiger partial charge in [-0.2, -0.15) is 0 Å². The molecular formula is C20H24BrClN2O2. The largest absolute Gasteiger partial charge is 0.491 e. The van der Waals surface area contributed by atoms with E-state index in [-0.39, 0.29) is 6.10 Å². The number of rotatable bonds is 6. The lowest BCUT2D eigenvalue weighted by Crippen LogP contribution is -2.36. The molecule has 26 heavy (non-hydrogen) atoms. The molecule has 0 radical (unpaired) electrons. The Morgan fingerprint density at radius 3 is 2.65 bits per heavy atom. The fourth-order valence-corrected chi connectivity index (χ4v) is 3.64. The summed E-state index contributed by atoms with van der Waals surface area (Å²) in [5.74, 6) is 0.895. The van der Waals surface area contributed by atoms with Crippen LogP contribution in [0.15, 0.2) is 40.9 Å². The number of ether oxygens (including phenoxy) is 2. The first kappa shape index (κ1) is 19.3. The van der Waals surface area contributed by atoms with Gasteiger partial charge < -0.3 is 19.7 Å². The Balaban J connectivity index is 1.70. The third-order valence-corrected chi connectivity index (χ3v) is 4.96. The summed E-state index contributed by atoms with van der Waals surface area (Å²) in [6.45, 7) is 7.97. The topological polar surface area (TPSA) is 33.7 Å². The van der Waals surface area contributed by atoms with Gasteiger partial charge in [0.1, 0.15) is 5.75 Å². The van der Waals surface area contributed by atoms with E-state index in [1.54, 1.807) is 0 Å². The molecular weight excluding hydrogens is 416 g/mol. The van der Waals surface area contributed by atoms with Crippen molar-refractivity contribution in [3.05, 3.63) is 51.5 Å². The van der Waals surface area contributed by atoms with Crippen LogP contribution in [-0.2, 0) is 11.3 Å². The minimum atomic E-state index is 0.136. The van der Waals surface area contributed by atoms with Crippen LogP contribution in [0.1, 0.15) is 19.4 Å². The highest BCUT2D eigenvalue weighted by Gasteiger charge is 2.14. The minimum absolute atomic E-state index is 0.136. The molecule has 1 fully saturated rings. The predicted octanol–water partition coefficient (Wildman–Crippen LogP) is 5.34. The van der Waals surface area contributed by atoms with Gasteiger partial charge in [-0.05, 0) is 50.2 Å². The maximum absolute atomic E-state index is 6.52. The Labute approximate surface area is 168 Å². The van der Waals surface area contributed by atoms with Crippen LogP contribution < -0.4 is 15.0 Å². The molecule has 0 aromatic heterocycles. The number of nitrogens with one attached hydrogen (secondary N) is 1. The molecule has 2 aromatic rings. The molecule has 6 heteroatoms. The summed E-state index contributed by atoms with van der Waals surface area (Å²) in [6.07, 6.45) is 0.136. The number of anilines is 2. The molecule has 2 aromatic carbocycles. The Bertz CT molecular complexity index is 749. The molecule has 0 spiro atoms. The first-order valence-electron chi connectivity index (χ1n) is 8.84. The van der Waals surface area contributed by atoms with E-state index in [1.165, 1.54) is 0 Å². The second-order valence-corrected chi connectivity index (χ2v) is 7.86. The zero-order chi connectivity index (χ0) is 18.5. The molecule has 0 bridgehead atoms. The summed E-state index contributed by atoms with van der Waals surface area (Å²) in [6, 6.07) is 12.2. The van der Waals surface area contributed by atoms with Gasteiger partial charge in [0.2, 0.25) is 0 Å². The van der Waals surface area contributed by atoms with Crippen LogP contribution in [0.4, 0.5) is 11.4 Å². The van der Waals surface area contributed by atoms with Crippen LogP contribution in [0.5, 0.6) is 5.75 Å². The monoisotopic (exact) mass is 438 g/mol. The summed E-state index contributed by atoms with van der Waals surface area (Å²) < 4.78 is 12.3. The Hall–Kier alpha value is -1.43. The normalized spacial score (nSPS) is 14.6. The Morgan fingerprint density at radius 1 is 1.19 bits per heavy atom. The van der Waals surface area contributed by atoms with Crippen LogP contribution in [0.2, 0.25) is 5.02 Å². The molecule has 3 rings (SSSR count). The predicted molar refractivity (Wildman–Crippen MR) is 112 cm³/mol. The highest BCUT2D eigenvalue weighted by molar-refractivity contribution is 9.10. The zero-order valence-corrected chi connectivity index (χ0v) is 17.4. The van der Waals surface area contributed by atoms with Gasteiger partial charge in [-0.3, -0.25) is 0 Å². The van der Waals surface area contributed by atoms with E-state index in [4.69, 9.17) is 21.1 Å². The number of benzene rings is 2. The number of nitrogens with zero attached hydrogens (tertiary/aromatic N) is 1. The molecule has 0 saturated carbocycles. The first-order valence-corrected chi connectivity index (χ1v) is 10.0. The summed E-state index contributed by atoms with van der Waals surface area (Å²) >= 11 is 10.0. The molecule has 0 amide bonds. The maximum Gasteiger partial charge on any atom is 0.124 e. The molecule has 1 heterocycles. The average molecular weight is 440 g/mol. The van der Waals surface area contributed by atoms with Gasteiger partial charge in [0.05, 0.1) is 30.0 Å². The number of morpholine rings is 1. The summed E-state index contributed by atoms with van der Waals surface area (Å²) in [7, 11) is 0. The van der Waals surface area contributed by atoms with E-state index in [1.807, 2.05) is 32.0 Å². The maximum atomic E-state index is 6.52. The van der Waals surface area contributed by atoms with Crippen LogP contribution in [0.3, 0.4) is 0 Å². The standard InChI is InChI=1S/C20H24BrClN2O2/c1-14(2)26-20-6-3-16(21)11-15(20)13-23-17-4-5-19(18(22)12-17)24-7-9-25-10-8-24/h3-6,11-12,14,23H,7-10,13H2,1-2H3. The molecule has 0 atom stereocenters. The molecule has 1 aliphatic rings. The molecule has 0 unspecified atom stereocenters. The number of hydrogen-bond donors (Lipinski definition) is 1. The van der Waals surface area contributed by atoms with Gasteiger partial charge in [0.25, 0.3) is 0 Å². The molecule has 1 aliphatic heterocycles. The van der Waals surface area contributed by atoms with Gasteiger partial charge in [0, 0.05) is 35.4 Å². The van der Waals surface area contributed by atoms with Crippen LogP contribution in [-0.4, -0.2) is 32.4 Å². The fourth-order valence-electron chi connectivity index (χ4n) is 2.93. The van der Waals surface area contributed by atoms with E-state index in [9.17, 15) is 0 Å². The van der Waals surface area contributed by atoms with Crippen molar-refractivity contribution in [2.75, 3.05) is 36.5 Å². The van der Waals surface area contributed by atoms with Crippen molar-refractivity contribution in [1.29, 1.82) is 0 Å². The fraction of sp³-hybridized carbons (Fsp3) is 0.400. The number of hydrogen-bond acceptors (Lipinski definition) is 4. The Morgan fingerprint density at radius 2 is 1.96 bits per heavy atom. The molecule has 0 aliphatic carbocycles. The van der Waals surface area contributed by atoms with Crippen molar-refractivity contribution in [2.45, 2.75) is 26.5 Å². The lowest BCUT2D eigenvalue weighted by Gasteiger charge is -2.29. The average Bonchev–Trinajstić information content (AvgIpc) is 2.62. The quantitative estimate of drug-likeness (QED) is 0.659. The highest BCUT2D eigenvalue weighted by Crippen LogP contribution is 2.30. The van der Waals surface area contributed by atoms with Gasteiger partial charge in [-0.1, -0.05) is 27.5 Å². The lowest BCUT2D eigenvalue weighted by atomic mass is 10.2. The summed E-state index contributed by atoms with van der Waals surface area (Å²) in [4.78, 5) is 2.26. The Kier molecular flexibility index (Phi) is 6.68. The first-order chi connectivity index (χ1) is 12.5. The van der Waals surface area contributed by atoms with E-state index in [0.29, 0.717) is 6.54 Å². The van der Waals surface area contributed by atoms with Crippen molar-refractivity contribution in [3.8, 4) is 5.75 Å². The van der Waals surface area contributed by atoms with Crippen molar-refractivity contribution < 1.29 is 9.47 Å². The van der Waals surface area contributed by atoms with Crippen LogP contribution in [0.25, 0.3) is 0 Å². The second-order valence-electron chi connectivity index (χ2n) is 6.54. The van der Waals surface area contributed by atoms with E-state index >= 15 is 0 Å². The summed E-state index contributed by atoms with van der Waals surface area (Å²) in [5, 5.41) is 4.20. The molecule has 1 N–H and O–H groups in total. The van der Waals surface area contributed by atoms with E-state index in [0.717, 1.165) is 58.5 Å². The number of halogens is 2. The van der Waals surface area contributed by atoms with Crippen molar-refractivity contribution in [1.82, 2.24) is 0 Å². The minimum Gasteiger partial charge on any atom is -0.491 e. The third kappa shape index (κ3) is 5.06. The van der Waals surface area contributed by atoms with Crippen LogP contribution >= 0.6 is 27.5 Å². The highest BCUT2D eigenvalue weighted by atomic mass is 79.9. The molecule has 140 valence electrons. The van der Waals surface area contributed by atoms with E-state index < -0.39 is 0 Å². The van der Waals surface area contributed by atoms with Gasteiger partial charge in [0.15, 0.2) is 0 Å². The zero-order valence-electron chi connectivity index (χ0n) is 15.1. The van der Waals surface area contributed by atoms with E-state index in [2.05, 4.69) is 44.3 Å². The van der Waals surface area contributed by atoms with Crippen LogP contribution in [0, 0.1) is 0 Å². The third-order valence-electron chi connectivity index (χ3n) is 4.17.